The first-order chi connectivity index (χ1) is 7.66. The number of ketones is 1. The van der Waals surface area contributed by atoms with Gasteiger partial charge < -0.3 is 0 Å². The average molecular weight is 236 g/mol. The molecule has 0 spiro atoms. The van der Waals surface area contributed by atoms with Crippen LogP contribution in [0.25, 0.3) is 0 Å². The predicted octanol–water partition coefficient (Wildman–Crippen LogP) is 1.89. The van der Waals surface area contributed by atoms with E-state index in [0.717, 1.165) is 0 Å². The maximum Gasteiger partial charge on any atom is 0.170 e. The Labute approximate surface area is 97.8 Å². The van der Waals surface area contributed by atoms with E-state index in [1.165, 1.54) is 0 Å². The lowest BCUT2D eigenvalue weighted by atomic mass is 10.1. The van der Waals surface area contributed by atoms with Gasteiger partial charge in [-0.25, -0.2) is 0 Å². The van der Waals surface area contributed by atoms with Crippen LogP contribution in [0.2, 0.25) is 5.02 Å². The van der Waals surface area contributed by atoms with E-state index in [1.54, 1.807) is 42.2 Å². The summed E-state index contributed by atoms with van der Waals surface area (Å²) in [6.45, 7) is 0. The lowest BCUT2D eigenvalue weighted by Crippen LogP contribution is -2.04. The van der Waals surface area contributed by atoms with Crippen LogP contribution in [-0.4, -0.2) is 20.8 Å². The lowest BCUT2D eigenvalue weighted by Gasteiger charge is -2.00. The smallest absolute Gasteiger partial charge is 0.170 e. The zero-order chi connectivity index (χ0) is 11.5. The van der Waals surface area contributed by atoms with Crippen molar-refractivity contribution in [2.75, 3.05) is 0 Å². The van der Waals surface area contributed by atoms with Crippen LogP contribution in [0.4, 0.5) is 0 Å². The van der Waals surface area contributed by atoms with E-state index in [9.17, 15) is 4.79 Å². The molecule has 2 aromatic rings. The maximum absolute atomic E-state index is 11.9. The van der Waals surface area contributed by atoms with Gasteiger partial charge in [0.15, 0.2) is 5.78 Å². The molecule has 16 heavy (non-hydrogen) atoms. The number of hydrogen-bond acceptors (Lipinski definition) is 3. The normalized spacial score (nSPS) is 10.4. The van der Waals surface area contributed by atoms with Gasteiger partial charge >= 0.3 is 0 Å². The molecule has 0 amide bonds. The van der Waals surface area contributed by atoms with Crippen molar-refractivity contribution in [3.8, 4) is 0 Å². The Kier molecular flexibility index (Phi) is 3.01. The molecule has 0 N–H and O–H groups in total. The van der Waals surface area contributed by atoms with Gasteiger partial charge in [0, 0.05) is 18.8 Å². The molecular weight excluding hydrogens is 226 g/mol. The van der Waals surface area contributed by atoms with Gasteiger partial charge in [0.1, 0.15) is 0 Å². The molecule has 0 aliphatic rings. The number of rotatable bonds is 3. The van der Waals surface area contributed by atoms with Crippen LogP contribution in [0.5, 0.6) is 0 Å². The van der Waals surface area contributed by atoms with Crippen LogP contribution in [0.15, 0.2) is 30.5 Å². The van der Waals surface area contributed by atoms with Crippen molar-refractivity contribution in [3.63, 3.8) is 0 Å². The van der Waals surface area contributed by atoms with Gasteiger partial charge in [-0.05, 0) is 12.1 Å². The topological polar surface area (TPSA) is 47.8 Å². The van der Waals surface area contributed by atoms with Gasteiger partial charge in [-0.15, -0.1) is 5.10 Å². The second kappa shape index (κ2) is 4.45. The lowest BCUT2D eigenvalue weighted by molar-refractivity contribution is 0.0992. The molecule has 0 atom stereocenters. The summed E-state index contributed by atoms with van der Waals surface area (Å²) in [7, 11) is 1.76. The average Bonchev–Trinajstić information content (AvgIpc) is 2.64. The summed E-state index contributed by atoms with van der Waals surface area (Å²) < 4.78 is 1.56. The first kappa shape index (κ1) is 10.8. The molecular formula is C11H10ClN3O. The summed E-state index contributed by atoms with van der Waals surface area (Å²) in [5, 5.41) is 8.10. The molecule has 2 rings (SSSR count). The van der Waals surface area contributed by atoms with E-state index in [-0.39, 0.29) is 12.2 Å². The second-order valence-corrected chi connectivity index (χ2v) is 3.87. The van der Waals surface area contributed by atoms with Crippen LogP contribution in [0.1, 0.15) is 16.1 Å². The fraction of sp³-hybridized carbons (Fsp3) is 0.182. The summed E-state index contributed by atoms with van der Waals surface area (Å²) in [6.07, 6.45) is 1.94. The first-order valence-electron chi connectivity index (χ1n) is 4.80. The summed E-state index contributed by atoms with van der Waals surface area (Å²) in [5.74, 6) is -0.0499. The number of hydrogen-bond donors (Lipinski definition) is 0. The van der Waals surface area contributed by atoms with Crippen molar-refractivity contribution in [1.29, 1.82) is 0 Å². The fourth-order valence-electron chi connectivity index (χ4n) is 1.42. The van der Waals surface area contributed by atoms with Crippen molar-refractivity contribution >= 4 is 17.4 Å². The van der Waals surface area contributed by atoms with Crippen LogP contribution >= 0.6 is 11.6 Å². The van der Waals surface area contributed by atoms with Crippen molar-refractivity contribution in [2.24, 2.45) is 7.05 Å². The summed E-state index contributed by atoms with van der Waals surface area (Å²) in [6, 6.07) is 6.99. The molecule has 1 aromatic heterocycles. The molecule has 4 nitrogen and oxygen atoms in total. The molecule has 1 heterocycles. The van der Waals surface area contributed by atoms with Crippen LogP contribution in [0.3, 0.4) is 0 Å². The second-order valence-electron chi connectivity index (χ2n) is 3.46. The summed E-state index contributed by atoms with van der Waals surface area (Å²) in [4.78, 5) is 11.9. The number of aromatic nitrogens is 3. The molecule has 0 saturated carbocycles. The molecule has 0 fully saturated rings. The predicted molar refractivity (Wildman–Crippen MR) is 60.5 cm³/mol. The Balaban J connectivity index is 2.18. The highest BCUT2D eigenvalue weighted by Crippen LogP contribution is 2.16. The summed E-state index contributed by atoms with van der Waals surface area (Å²) >= 11 is 5.93. The minimum absolute atomic E-state index is 0.0499. The van der Waals surface area contributed by atoms with Crippen LogP contribution in [-0.2, 0) is 13.5 Å². The van der Waals surface area contributed by atoms with E-state index in [0.29, 0.717) is 16.3 Å². The molecule has 5 heteroatoms. The third-order valence-corrected chi connectivity index (χ3v) is 2.50. The minimum atomic E-state index is -0.0499. The molecule has 0 saturated heterocycles. The first-order valence-corrected chi connectivity index (χ1v) is 5.17. The minimum Gasteiger partial charge on any atom is -0.294 e. The Morgan fingerprint density at radius 1 is 1.44 bits per heavy atom. The number of halogens is 1. The highest BCUT2D eigenvalue weighted by molar-refractivity contribution is 6.34. The number of benzene rings is 1. The van der Waals surface area contributed by atoms with Gasteiger partial charge in [-0.3, -0.25) is 9.48 Å². The number of carbonyl (C=O) groups is 1. The van der Waals surface area contributed by atoms with Crippen molar-refractivity contribution in [2.45, 2.75) is 6.42 Å². The monoisotopic (exact) mass is 235 g/mol. The van der Waals surface area contributed by atoms with Gasteiger partial charge in [-0.2, -0.15) is 0 Å². The zero-order valence-electron chi connectivity index (χ0n) is 8.72. The number of nitrogens with zero attached hydrogens (tertiary/aromatic N) is 3. The molecule has 0 unspecified atom stereocenters. The SMILES string of the molecule is Cn1cc(CC(=O)c2ccccc2Cl)nn1. The van der Waals surface area contributed by atoms with Crippen LogP contribution in [0, 0.1) is 0 Å². The van der Waals surface area contributed by atoms with Gasteiger partial charge in [-0.1, -0.05) is 28.9 Å². The van der Waals surface area contributed by atoms with Gasteiger partial charge in [0.25, 0.3) is 0 Å². The Morgan fingerprint density at radius 3 is 2.81 bits per heavy atom. The van der Waals surface area contributed by atoms with Crippen molar-refractivity contribution in [3.05, 3.63) is 46.7 Å². The molecule has 0 aliphatic carbocycles. The van der Waals surface area contributed by atoms with Crippen LogP contribution < -0.4 is 0 Å². The Hall–Kier alpha value is -1.68. The third kappa shape index (κ3) is 2.28. The molecule has 0 aliphatic heterocycles. The number of aryl methyl sites for hydroxylation is 1. The maximum atomic E-state index is 11.9. The van der Waals surface area contributed by atoms with Crippen molar-refractivity contribution in [1.82, 2.24) is 15.0 Å². The number of Topliss-reactive ketones (excluding diaryl/α,β-unsaturated/α-hetero) is 1. The fourth-order valence-corrected chi connectivity index (χ4v) is 1.66. The van der Waals surface area contributed by atoms with Gasteiger partial charge in [0.2, 0.25) is 0 Å². The standard InChI is InChI=1S/C11H10ClN3O/c1-15-7-8(13-14-15)6-11(16)9-4-2-3-5-10(9)12/h2-5,7H,6H2,1H3. The molecule has 0 bridgehead atoms. The van der Waals surface area contributed by atoms with E-state index >= 15 is 0 Å². The van der Waals surface area contributed by atoms with E-state index in [2.05, 4.69) is 10.3 Å². The summed E-state index contributed by atoms with van der Waals surface area (Å²) in [5.41, 5.74) is 1.17. The number of carbonyl (C=O) groups excluding carboxylic acids is 1. The third-order valence-electron chi connectivity index (χ3n) is 2.17. The largest absolute Gasteiger partial charge is 0.294 e. The van der Waals surface area contributed by atoms with E-state index in [1.807, 2.05) is 0 Å². The van der Waals surface area contributed by atoms with E-state index < -0.39 is 0 Å². The molecule has 1 aromatic carbocycles. The zero-order valence-corrected chi connectivity index (χ0v) is 9.48. The quantitative estimate of drug-likeness (QED) is 0.764. The van der Waals surface area contributed by atoms with E-state index in [4.69, 9.17) is 11.6 Å². The van der Waals surface area contributed by atoms with Crippen molar-refractivity contribution < 1.29 is 4.79 Å². The highest BCUT2D eigenvalue weighted by atomic mass is 35.5. The highest BCUT2D eigenvalue weighted by Gasteiger charge is 2.12. The molecule has 0 radical (unpaired) electrons. The molecule has 82 valence electrons. The van der Waals surface area contributed by atoms with Gasteiger partial charge in [0.05, 0.1) is 17.1 Å². The Bertz CT molecular complexity index is 521. The Morgan fingerprint density at radius 2 is 2.19 bits per heavy atom.